The Balaban J connectivity index is 2.06. The number of rotatable bonds is 3. The fourth-order valence-corrected chi connectivity index (χ4v) is 1.77. The van der Waals surface area contributed by atoms with Gasteiger partial charge in [0.2, 0.25) is 5.91 Å². The molecule has 0 bridgehead atoms. The third-order valence-electron chi connectivity index (χ3n) is 2.29. The summed E-state index contributed by atoms with van der Waals surface area (Å²) < 4.78 is 0. The quantitative estimate of drug-likeness (QED) is 0.868. The van der Waals surface area contributed by atoms with Crippen molar-refractivity contribution in [2.75, 3.05) is 5.32 Å². The van der Waals surface area contributed by atoms with Crippen LogP contribution in [0.2, 0.25) is 10.0 Å². The Bertz CT molecular complexity index is 612. The number of nitrogens with zero attached hydrogens (tertiary/aromatic N) is 1. The van der Waals surface area contributed by atoms with Crippen LogP contribution in [0, 0.1) is 0 Å². The number of pyridine rings is 1. The molecule has 1 aromatic carbocycles. The first-order chi connectivity index (χ1) is 9.15. The minimum absolute atomic E-state index is 0.283. The van der Waals surface area contributed by atoms with Crippen LogP contribution in [0.25, 0.3) is 6.08 Å². The summed E-state index contributed by atoms with van der Waals surface area (Å²) in [5.41, 5.74) is 0.685. The minimum atomic E-state index is -0.283. The molecule has 19 heavy (non-hydrogen) atoms. The number of nitrogens with one attached hydrogen (secondary N) is 1. The predicted molar refractivity (Wildman–Crippen MR) is 78.4 cm³/mol. The molecule has 1 aromatic heterocycles. The number of halogens is 2. The molecule has 1 heterocycles. The number of benzene rings is 1. The van der Waals surface area contributed by atoms with E-state index >= 15 is 0 Å². The van der Waals surface area contributed by atoms with Crippen molar-refractivity contribution in [3.05, 3.63) is 64.3 Å². The first kappa shape index (κ1) is 13.6. The molecule has 0 aliphatic carbocycles. The van der Waals surface area contributed by atoms with Crippen molar-refractivity contribution in [1.29, 1.82) is 0 Å². The van der Waals surface area contributed by atoms with Crippen LogP contribution >= 0.6 is 23.2 Å². The molecule has 5 heteroatoms. The number of hydrogen-bond acceptors (Lipinski definition) is 2. The maximum absolute atomic E-state index is 11.7. The van der Waals surface area contributed by atoms with Gasteiger partial charge in [-0.25, -0.2) is 4.98 Å². The van der Waals surface area contributed by atoms with E-state index in [0.29, 0.717) is 21.4 Å². The van der Waals surface area contributed by atoms with E-state index in [4.69, 9.17) is 23.2 Å². The monoisotopic (exact) mass is 292 g/mol. The lowest BCUT2D eigenvalue weighted by Crippen LogP contribution is -2.08. The summed E-state index contributed by atoms with van der Waals surface area (Å²) in [7, 11) is 0. The molecule has 1 amide bonds. The molecule has 1 N–H and O–H groups in total. The molecule has 0 saturated heterocycles. The zero-order valence-corrected chi connectivity index (χ0v) is 11.3. The van der Waals surface area contributed by atoms with Gasteiger partial charge in [-0.05, 0) is 42.0 Å². The van der Waals surface area contributed by atoms with Gasteiger partial charge < -0.3 is 5.32 Å². The zero-order chi connectivity index (χ0) is 13.7. The summed E-state index contributed by atoms with van der Waals surface area (Å²) >= 11 is 11.8. The lowest BCUT2D eigenvalue weighted by atomic mass is 10.2. The van der Waals surface area contributed by atoms with E-state index in [0.717, 1.165) is 0 Å². The summed E-state index contributed by atoms with van der Waals surface area (Å²) in [4.78, 5) is 15.7. The highest BCUT2D eigenvalue weighted by atomic mass is 35.5. The SMILES string of the molecule is O=C(C=Cc1cc(Cl)ccc1Cl)Nc1ccccn1. The van der Waals surface area contributed by atoms with Crippen molar-refractivity contribution in [2.24, 2.45) is 0 Å². The van der Waals surface area contributed by atoms with Gasteiger partial charge in [-0.2, -0.15) is 0 Å². The topological polar surface area (TPSA) is 42.0 Å². The summed E-state index contributed by atoms with van der Waals surface area (Å²) in [5.74, 6) is 0.212. The van der Waals surface area contributed by atoms with Gasteiger partial charge in [0.05, 0.1) is 0 Å². The molecule has 2 aromatic rings. The van der Waals surface area contributed by atoms with Crippen LogP contribution in [-0.4, -0.2) is 10.9 Å². The highest BCUT2D eigenvalue weighted by Crippen LogP contribution is 2.21. The van der Waals surface area contributed by atoms with Crippen molar-refractivity contribution in [3.63, 3.8) is 0 Å². The van der Waals surface area contributed by atoms with E-state index in [-0.39, 0.29) is 5.91 Å². The number of anilines is 1. The largest absolute Gasteiger partial charge is 0.307 e. The van der Waals surface area contributed by atoms with Gasteiger partial charge in [0.25, 0.3) is 0 Å². The number of carbonyl (C=O) groups excluding carboxylic acids is 1. The number of amides is 1. The van der Waals surface area contributed by atoms with Gasteiger partial charge >= 0.3 is 0 Å². The summed E-state index contributed by atoms with van der Waals surface area (Å²) in [5, 5.41) is 3.73. The number of hydrogen-bond donors (Lipinski definition) is 1. The lowest BCUT2D eigenvalue weighted by molar-refractivity contribution is -0.111. The molecule has 0 aliphatic rings. The average molecular weight is 293 g/mol. The molecule has 3 nitrogen and oxygen atoms in total. The Labute approximate surface area is 120 Å². The van der Waals surface area contributed by atoms with Crippen LogP contribution in [0.15, 0.2) is 48.7 Å². The molecule has 0 fully saturated rings. The van der Waals surface area contributed by atoms with E-state index < -0.39 is 0 Å². The average Bonchev–Trinajstić information content (AvgIpc) is 2.41. The van der Waals surface area contributed by atoms with Crippen LogP contribution in [0.5, 0.6) is 0 Å². The summed E-state index contributed by atoms with van der Waals surface area (Å²) in [6, 6.07) is 10.3. The summed E-state index contributed by atoms with van der Waals surface area (Å²) in [6.07, 6.45) is 4.59. The maximum Gasteiger partial charge on any atom is 0.249 e. The van der Waals surface area contributed by atoms with Gasteiger partial charge in [0.15, 0.2) is 0 Å². The Morgan fingerprint density at radius 3 is 2.79 bits per heavy atom. The smallest absolute Gasteiger partial charge is 0.249 e. The van der Waals surface area contributed by atoms with Crippen molar-refractivity contribution in [1.82, 2.24) is 4.98 Å². The van der Waals surface area contributed by atoms with E-state index in [2.05, 4.69) is 10.3 Å². The molecule has 96 valence electrons. The van der Waals surface area contributed by atoms with Gasteiger partial charge in [0.1, 0.15) is 5.82 Å². The fraction of sp³-hybridized carbons (Fsp3) is 0. The molecular weight excluding hydrogens is 283 g/mol. The van der Waals surface area contributed by atoms with Gasteiger partial charge in [-0.15, -0.1) is 0 Å². The standard InChI is InChI=1S/C14H10Cl2N2O/c15-11-5-6-12(16)10(9-11)4-7-14(19)18-13-3-1-2-8-17-13/h1-9H,(H,17,18,19). The second-order valence-electron chi connectivity index (χ2n) is 3.70. The number of carbonyl (C=O) groups is 1. The van der Waals surface area contributed by atoms with E-state index in [1.54, 1.807) is 48.7 Å². The summed E-state index contributed by atoms with van der Waals surface area (Å²) in [6.45, 7) is 0. The molecule has 0 unspecified atom stereocenters. The number of aromatic nitrogens is 1. The van der Waals surface area contributed by atoms with Crippen molar-refractivity contribution in [2.45, 2.75) is 0 Å². The Morgan fingerprint density at radius 2 is 2.05 bits per heavy atom. The lowest BCUT2D eigenvalue weighted by Gasteiger charge is -2.01. The minimum Gasteiger partial charge on any atom is -0.307 e. The van der Waals surface area contributed by atoms with Crippen LogP contribution in [0.3, 0.4) is 0 Å². The predicted octanol–water partition coefficient (Wildman–Crippen LogP) is 4.04. The Kier molecular flexibility index (Phi) is 4.55. The van der Waals surface area contributed by atoms with Crippen molar-refractivity contribution >= 4 is 41.0 Å². The molecular formula is C14H10Cl2N2O. The van der Waals surface area contributed by atoms with Crippen LogP contribution < -0.4 is 5.32 Å². The zero-order valence-electron chi connectivity index (χ0n) is 9.81. The van der Waals surface area contributed by atoms with Gasteiger partial charge in [-0.3, -0.25) is 4.79 Å². The van der Waals surface area contributed by atoms with E-state index in [1.807, 2.05) is 0 Å². The highest BCUT2D eigenvalue weighted by molar-refractivity contribution is 6.34. The molecule has 0 aliphatic heterocycles. The van der Waals surface area contributed by atoms with Crippen LogP contribution in [0.1, 0.15) is 5.56 Å². The van der Waals surface area contributed by atoms with E-state index in [9.17, 15) is 4.79 Å². The second kappa shape index (κ2) is 6.36. The fourth-order valence-electron chi connectivity index (χ4n) is 1.41. The Hall–Kier alpha value is -1.84. The first-order valence-corrected chi connectivity index (χ1v) is 6.26. The molecule has 0 saturated carbocycles. The van der Waals surface area contributed by atoms with Crippen LogP contribution in [-0.2, 0) is 4.79 Å². The Morgan fingerprint density at radius 1 is 1.21 bits per heavy atom. The first-order valence-electron chi connectivity index (χ1n) is 5.50. The third-order valence-corrected chi connectivity index (χ3v) is 2.87. The highest BCUT2D eigenvalue weighted by Gasteiger charge is 2.00. The van der Waals surface area contributed by atoms with Gasteiger partial charge in [0, 0.05) is 22.3 Å². The van der Waals surface area contributed by atoms with Crippen LogP contribution in [0.4, 0.5) is 5.82 Å². The maximum atomic E-state index is 11.7. The van der Waals surface area contributed by atoms with Crippen molar-refractivity contribution < 1.29 is 4.79 Å². The van der Waals surface area contributed by atoms with E-state index in [1.165, 1.54) is 6.08 Å². The third kappa shape index (κ3) is 4.09. The molecule has 0 spiro atoms. The van der Waals surface area contributed by atoms with Gasteiger partial charge in [-0.1, -0.05) is 29.3 Å². The molecule has 0 atom stereocenters. The molecule has 0 radical (unpaired) electrons. The van der Waals surface area contributed by atoms with Crippen molar-refractivity contribution in [3.8, 4) is 0 Å². The normalized spacial score (nSPS) is 10.6. The molecule has 2 rings (SSSR count). The second-order valence-corrected chi connectivity index (χ2v) is 4.55.